The predicted molar refractivity (Wildman–Crippen MR) is 144 cm³/mol. The highest BCUT2D eigenvalue weighted by molar-refractivity contribution is 7.88. The molecule has 2 aromatic rings. The fraction of sp³-hybridized carbons (Fsp3) is 0.480. The third-order valence-electron chi connectivity index (χ3n) is 5.64. The van der Waals surface area contributed by atoms with Crippen molar-refractivity contribution in [1.29, 1.82) is 0 Å². The molecule has 36 heavy (non-hydrogen) atoms. The predicted octanol–water partition coefficient (Wildman–Crippen LogP) is 5.12. The summed E-state index contributed by atoms with van der Waals surface area (Å²) in [6.45, 7) is 7.00. The van der Waals surface area contributed by atoms with Crippen molar-refractivity contribution in [3.8, 4) is 11.5 Å². The minimum atomic E-state index is -3.77. The van der Waals surface area contributed by atoms with Gasteiger partial charge in [0, 0.05) is 24.1 Å². The maximum Gasteiger partial charge on any atom is 0.234 e. The average Bonchev–Trinajstić information content (AvgIpc) is 2.79. The molecule has 1 amide bonds. The number of aliphatic hydroxyl groups is 1. The third-order valence-corrected chi connectivity index (χ3v) is 7.94. The van der Waals surface area contributed by atoms with Crippen molar-refractivity contribution < 1.29 is 27.8 Å². The van der Waals surface area contributed by atoms with Crippen molar-refractivity contribution in [1.82, 2.24) is 4.31 Å². The molecular formula is C25H32Cl3NO6S. The summed E-state index contributed by atoms with van der Waals surface area (Å²) >= 11 is 18.8. The Morgan fingerprint density at radius 1 is 1.06 bits per heavy atom. The van der Waals surface area contributed by atoms with E-state index in [1.54, 1.807) is 12.1 Å². The quantitative estimate of drug-likeness (QED) is 0.350. The number of nitrogens with zero attached hydrogens (tertiary/aromatic N) is 1. The lowest BCUT2D eigenvalue weighted by Gasteiger charge is -2.27. The minimum absolute atomic E-state index is 0.157. The Balaban J connectivity index is 2.10. The van der Waals surface area contributed by atoms with Crippen molar-refractivity contribution in [2.24, 2.45) is 5.92 Å². The molecule has 0 fully saturated rings. The summed E-state index contributed by atoms with van der Waals surface area (Å²) in [7, 11) is -3.77. The molecule has 200 valence electrons. The molecular weight excluding hydrogens is 549 g/mol. The molecule has 1 N–H and O–H groups in total. The maximum absolute atomic E-state index is 11.7. The molecule has 0 aromatic heterocycles. The number of carbonyl (C=O) groups is 1. The zero-order valence-electron chi connectivity index (χ0n) is 20.9. The number of halogens is 3. The number of rotatable bonds is 12. The fourth-order valence-electron chi connectivity index (χ4n) is 3.40. The second-order valence-electron chi connectivity index (χ2n) is 9.27. The van der Waals surface area contributed by atoms with Gasteiger partial charge in [0.1, 0.15) is 18.5 Å². The first-order valence-corrected chi connectivity index (χ1v) is 14.4. The molecule has 2 rings (SSSR count). The van der Waals surface area contributed by atoms with Crippen molar-refractivity contribution in [2.45, 2.75) is 39.2 Å². The highest BCUT2D eigenvalue weighted by Gasteiger charge is 2.26. The molecule has 2 unspecified atom stereocenters. The topological polar surface area (TPSA) is 93.1 Å². The van der Waals surface area contributed by atoms with Crippen LogP contribution < -0.4 is 9.47 Å². The van der Waals surface area contributed by atoms with Crippen LogP contribution in [0.3, 0.4) is 0 Å². The van der Waals surface area contributed by atoms with E-state index < -0.39 is 27.4 Å². The van der Waals surface area contributed by atoms with Gasteiger partial charge >= 0.3 is 0 Å². The van der Waals surface area contributed by atoms with Gasteiger partial charge in [-0.05, 0) is 35.4 Å². The summed E-state index contributed by atoms with van der Waals surface area (Å²) in [5, 5.41) is 11.0. The Morgan fingerprint density at radius 2 is 1.61 bits per heavy atom. The molecule has 0 aliphatic rings. The second kappa shape index (κ2) is 12.7. The van der Waals surface area contributed by atoms with Crippen molar-refractivity contribution in [3.63, 3.8) is 0 Å². The van der Waals surface area contributed by atoms with Crippen molar-refractivity contribution in [3.05, 3.63) is 57.6 Å². The lowest BCUT2D eigenvalue weighted by Crippen LogP contribution is -2.41. The summed E-state index contributed by atoms with van der Waals surface area (Å²) in [5.74, 6) is 0.862. The molecule has 0 radical (unpaired) electrons. The fourth-order valence-corrected chi connectivity index (χ4v) is 4.99. The smallest absolute Gasteiger partial charge is 0.234 e. The van der Waals surface area contributed by atoms with Crippen LogP contribution in [0.5, 0.6) is 11.5 Å². The monoisotopic (exact) mass is 579 g/mol. The molecule has 2 aromatic carbocycles. The maximum atomic E-state index is 11.7. The first-order chi connectivity index (χ1) is 16.7. The van der Waals surface area contributed by atoms with Crippen LogP contribution in [0.25, 0.3) is 0 Å². The Morgan fingerprint density at radius 3 is 2.08 bits per heavy atom. The van der Waals surface area contributed by atoms with Gasteiger partial charge in [-0.25, -0.2) is 12.7 Å². The first kappa shape index (κ1) is 30.5. The van der Waals surface area contributed by atoms with Gasteiger partial charge in [0.2, 0.25) is 15.9 Å². The first-order valence-electron chi connectivity index (χ1n) is 11.2. The van der Waals surface area contributed by atoms with E-state index in [9.17, 15) is 18.3 Å². The summed E-state index contributed by atoms with van der Waals surface area (Å²) in [5.41, 5.74) is 1.40. The van der Waals surface area contributed by atoms with E-state index in [2.05, 4.69) is 0 Å². The van der Waals surface area contributed by atoms with E-state index in [1.807, 2.05) is 45.0 Å². The van der Waals surface area contributed by atoms with Crippen LogP contribution in [0, 0.1) is 5.92 Å². The van der Waals surface area contributed by atoms with Gasteiger partial charge in [0.25, 0.3) is 0 Å². The van der Waals surface area contributed by atoms with E-state index in [4.69, 9.17) is 44.3 Å². The van der Waals surface area contributed by atoms with Gasteiger partial charge in [-0.3, -0.25) is 4.79 Å². The third kappa shape index (κ3) is 8.15. The van der Waals surface area contributed by atoms with Crippen LogP contribution in [-0.2, 0) is 20.2 Å². The highest BCUT2D eigenvalue weighted by atomic mass is 35.5. The van der Waals surface area contributed by atoms with Crippen LogP contribution in [0.15, 0.2) is 36.4 Å². The number of sulfonamides is 1. The molecule has 0 bridgehead atoms. The zero-order valence-corrected chi connectivity index (χ0v) is 24.0. The minimum Gasteiger partial charge on any atom is -0.491 e. The number of aliphatic hydroxyl groups excluding tert-OH is 1. The lowest BCUT2D eigenvalue weighted by molar-refractivity contribution is -0.125. The Labute approximate surface area is 228 Å². The molecule has 7 nitrogen and oxygen atoms in total. The number of hydrogen-bond acceptors (Lipinski definition) is 6. The SMILES string of the molecule is CC(=O)N(CC(O)COc1ccc(C(C)(C)c2cc(Cl)c(OCC(C)CCl)c(Cl)c2)cc1)S(C)(=O)=O. The number of alkyl halides is 1. The molecule has 0 aliphatic carbocycles. The van der Waals surface area contributed by atoms with Gasteiger partial charge in [0.15, 0.2) is 5.75 Å². The molecule has 0 saturated carbocycles. The highest BCUT2D eigenvalue weighted by Crippen LogP contribution is 2.40. The van der Waals surface area contributed by atoms with Crippen LogP contribution in [0.4, 0.5) is 0 Å². The molecule has 2 atom stereocenters. The summed E-state index contributed by atoms with van der Waals surface area (Å²) in [4.78, 5) is 11.5. The molecule has 11 heteroatoms. The Kier molecular flexibility index (Phi) is 10.8. The number of hydrogen-bond donors (Lipinski definition) is 1. The van der Waals surface area contributed by atoms with E-state index in [1.165, 1.54) is 0 Å². The number of carbonyl (C=O) groups excluding carboxylic acids is 1. The van der Waals surface area contributed by atoms with Crippen LogP contribution >= 0.6 is 34.8 Å². The van der Waals surface area contributed by atoms with Gasteiger partial charge in [-0.1, -0.05) is 56.1 Å². The average molecular weight is 581 g/mol. The zero-order chi connectivity index (χ0) is 27.3. The normalized spacial score (nSPS) is 13.7. The number of amides is 1. The van der Waals surface area contributed by atoms with Crippen LogP contribution in [-0.4, -0.2) is 61.7 Å². The van der Waals surface area contributed by atoms with Crippen LogP contribution in [0.1, 0.15) is 38.8 Å². The largest absolute Gasteiger partial charge is 0.491 e. The number of benzene rings is 2. The van der Waals surface area contributed by atoms with Crippen molar-refractivity contribution >= 4 is 50.7 Å². The molecule has 0 spiro atoms. The second-order valence-corrected chi connectivity index (χ2v) is 12.3. The molecule has 0 aliphatic heterocycles. The van der Waals surface area contributed by atoms with Crippen molar-refractivity contribution in [2.75, 3.05) is 31.9 Å². The summed E-state index contributed by atoms with van der Waals surface area (Å²) in [6.07, 6.45) is -0.275. The Bertz CT molecular complexity index is 1130. The van der Waals surface area contributed by atoms with Gasteiger partial charge in [-0.15, -0.1) is 11.6 Å². The molecule has 0 saturated heterocycles. The standard InChI is InChI=1S/C25H32Cl3NO6S/c1-16(12-26)14-35-24-22(27)10-19(11-23(24)28)25(3,4)18-6-8-21(9-7-18)34-15-20(31)13-29(17(2)30)36(5,32)33/h6-11,16,20,31H,12-15H2,1-5H3. The lowest BCUT2D eigenvalue weighted by atomic mass is 9.78. The summed E-state index contributed by atoms with van der Waals surface area (Å²) < 4.78 is 35.3. The molecule has 0 heterocycles. The van der Waals surface area contributed by atoms with Gasteiger partial charge in [-0.2, -0.15) is 0 Å². The van der Waals surface area contributed by atoms with E-state index in [0.29, 0.717) is 38.3 Å². The summed E-state index contributed by atoms with van der Waals surface area (Å²) in [6, 6.07) is 10.9. The Hall–Kier alpha value is -1.71. The van der Waals surface area contributed by atoms with E-state index in [0.717, 1.165) is 24.3 Å². The van der Waals surface area contributed by atoms with E-state index in [-0.39, 0.29) is 19.1 Å². The van der Waals surface area contributed by atoms with Gasteiger partial charge < -0.3 is 14.6 Å². The van der Waals surface area contributed by atoms with Crippen LogP contribution in [0.2, 0.25) is 10.0 Å². The van der Waals surface area contributed by atoms with E-state index >= 15 is 0 Å². The number of ether oxygens (including phenoxy) is 2. The van der Waals surface area contributed by atoms with Gasteiger partial charge in [0.05, 0.1) is 29.5 Å².